The summed E-state index contributed by atoms with van der Waals surface area (Å²) < 4.78 is 62.6. The molecule has 0 aliphatic carbocycles. The number of nitrogens with zero attached hydrogens (tertiary/aromatic N) is 5. The van der Waals surface area contributed by atoms with Crippen molar-refractivity contribution in [2.24, 2.45) is 5.73 Å². The number of benzene rings is 3. The normalized spacial score (nSPS) is 17.8. The van der Waals surface area contributed by atoms with E-state index in [0.29, 0.717) is 10.7 Å². The Morgan fingerprint density at radius 1 is 1.00 bits per heavy atom. The molecule has 0 bridgehead atoms. The number of halogens is 3. The van der Waals surface area contributed by atoms with E-state index in [4.69, 9.17) is 19.9 Å². The molecule has 0 radical (unpaired) electrons. The van der Waals surface area contributed by atoms with Crippen molar-refractivity contribution in [3.63, 3.8) is 0 Å². The van der Waals surface area contributed by atoms with Gasteiger partial charge in [0.1, 0.15) is 46.5 Å². The minimum Gasteiger partial charge on any atom is -0.491 e. The third kappa shape index (κ3) is 9.30. The van der Waals surface area contributed by atoms with E-state index >= 15 is 0 Å². The molecule has 336 valence electrons. The summed E-state index contributed by atoms with van der Waals surface area (Å²) in [5, 5.41) is 5.78. The highest BCUT2D eigenvalue weighted by Gasteiger charge is 2.45. The van der Waals surface area contributed by atoms with Gasteiger partial charge in [-0.25, -0.2) is 4.98 Å². The van der Waals surface area contributed by atoms with Crippen LogP contribution in [0.3, 0.4) is 0 Å². The summed E-state index contributed by atoms with van der Waals surface area (Å²) in [6.07, 6.45) is -4.27. The molecule has 2 unspecified atom stereocenters. The van der Waals surface area contributed by atoms with Crippen LogP contribution in [0.5, 0.6) is 11.5 Å². The molecule has 3 aromatic carbocycles. The number of fused-ring (bicyclic) bond motifs is 2. The van der Waals surface area contributed by atoms with Gasteiger partial charge < -0.3 is 30.2 Å². The van der Waals surface area contributed by atoms with Gasteiger partial charge >= 0.3 is 6.18 Å². The second-order valence-electron chi connectivity index (χ2n) is 15.7. The number of rotatable bonds is 16. The number of nitrogens with two attached hydrogens (primary N) is 1. The summed E-state index contributed by atoms with van der Waals surface area (Å²) in [6, 6.07) is 14.7. The van der Waals surface area contributed by atoms with Crippen LogP contribution in [0, 0.1) is 0 Å². The van der Waals surface area contributed by atoms with Gasteiger partial charge in [-0.3, -0.25) is 43.7 Å². The lowest BCUT2D eigenvalue weighted by molar-refractivity contribution is -0.139. The van der Waals surface area contributed by atoms with Gasteiger partial charge in [-0.05, 0) is 62.4 Å². The number of likely N-dealkylation sites (N-methyl/N-ethyl adjacent to an activating group) is 1. The molecule has 0 saturated carbocycles. The van der Waals surface area contributed by atoms with Gasteiger partial charge in [0.15, 0.2) is 0 Å². The zero-order chi connectivity index (χ0) is 45.3. The van der Waals surface area contributed by atoms with Crippen molar-refractivity contribution >= 4 is 57.6 Å². The average Bonchev–Trinajstić information content (AvgIpc) is 3.95. The summed E-state index contributed by atoms with van der Waals surface area (Å²) in [6.45, 7) is 6.33. The standard InChI is InChI=1S/C44H45F3N8O8S/c1-25(63-35-22-37(64-39(35)40(48)57)54-24-50-31-9-6-26(20-34(31)54)23-53-15-13-52(2)14-16-53)28-8-7-27(21-30(28)44(45,46)47)62-19-18-61-17-12-49-32-5-3-4-29-38(32)43(60)55(42(29)59)33-10-11-36(56)51-41(33)58/h3-9,20-22,24-25,33,49H,10-19,23H2,1-2H3,(H2,48,57)(H,51,56,58). The van der Waals surface area contributed by atoms with E-state index in [9.17, 15) is 37.1 Å². The molecule has 2 saturated heterocycles. The molecule has 64 heavy (non-hydrogen) atoms. The fourth-order valence-electron chi connectivity index (χ4n) is 8.05. The van der Waals surface area contributed by atoms with Gasteiger partial charge in [0, 0.05) is 63.0 Å². The van der Waals surface area contributed by atoms with Crippen LogP contribution in [0.4, 0.5) is 18.9 Å². The van der Waals surface area contributed by atoms with E-state index in [2.05, 4.69) is 32.5 Å². The largest absolute Gasteiger partial charge is 0.491 e. The number of amides is 5. The maximum absolute atomic E-state index is 14.5. The molecule has 16 nitrogen and oxygen atoms in total. The minimum absolute atomic E-state index is 0.00159. The number of alkyl halides is 3. The minimum atomic E-state index is -4.78. The van der Waals surface area contributed by atoms with Crippen molar-refractivity contribution in [1.82, 2.24) is 29.6 Å². The Labute approximate surface area is 369 Å². The SMILES string of the molecule is CC(Oc1cc(-n2cnc3ccc(CN4CCN(C)CC4)cc32)sc1C(N)=O)c1ccc(OCCOCCNc2cccc3c2C(=O)N(C2CCC(=O)NC2=O)C3=O)cc1C(F)(F)F. The van der Waals surface area contributed by atoms with Gasteiger partial charge in [0.2, 0.25) is 11.8 Å². The third-order valence-electron chi connectivity index (χ3n) is 11.4. The number of nitrogens with one attached hydrogen (secondary N) is 2. The topological polar surface area (TPSA) is 191 Å². The highest BCUT2D eigenvalue weighted by molar-refractivity contribution is 7.16. The lowest BCUT2D eigenvalue weighted by Crippen LogP contribution is -2.54. The van der Waals surface area contributed by atoms with Crippen LogP contribution in [0.25, 0.3) is 16.0 Å². The molecule has 5 aromatic rings. The molecular formula is C44H45F3N8O8S. The Hall–Kier alpha value is -6.35. The number of carbonyl (C=O) groups excluding carboxylic acids is 5. The maximum Gasteiger partial charge on any atom is 0.416 e. The molecule has 2 fully saturated rings. The Morgan fingerprint density at radius 3 is 2.55 bits per heavy atom. The number of ether oxygens (including phenoxy) is 3. The summed E-state index contributed by atoms with van der Waals surface area (Å²) in [7, 11) is 2.10. The van der Waals surface area contributed by atoms with E-state index in [1.54, 1.807) is 24.5 Å². The summed E-state index contributed by atoms with van der Waals surface area (Å²) in [5.41, 5.74) is 7.80. The molecule has 0 spiro atoms. The molecule has 8 rings (SSSR count). The monoisotopic (exact) mass is 902 g/mol. The highest BCUT2D eigenvalue weighted by atomic mass is 32.1. The molecule has 5 amide bonds. The third-order valence-corrected chi connectivity index (χ3v) is 12.5. The van der Waals surface area contributed by atoms with E-state index in [1.807, 2.05) is 22.8 Å². The molecule has 3 aliphatic rings. The van der Waals surface area contributed by atoms with Crippen molar-refractivity contribution in [3.05, 3.63) is 99.7 Å². The van der Waals surface area contributed by atoms with Crippen LogP contribution < -0.4 is 25.8 Å². The predicted octanol–water partition coefficient (Wildman–Crippen LogP) is 5.00. The molecule has 20 heteroatoms. The fraction of sp³-hybridized carbons (Fsp3) is 0.364. The molecule has 5 heterocycles. The smallest absolute Gasteiger partial charge is 0.416 e. The van der Waals surface area contributed by atoms with Crippen molar-refractivity contribution < 1.29 is 51.4 Å². The van der Waals surface area contributed by atoms with E-state index < -0.39 is 53.4 Å². The molecule has 4 N–H and O–H groups in total. The molecule has 3 aliphatic heterocycles. The van der Waals surface area contributed by atoms with Crippen LogP contribution in [-0.4, -0.2) is 119 Å². The number of hydrogen-bond acceptors (Lipinski definition) is 13. The second-order valence-corrected chi connectivity index (χ2v) is 16.8. The van der Waals surface area contributed by atoms with Crippen molar-refractivity contribution in [3.8, 4) is 16.5 Å². The number of carbonyl (C=O) groups is 5. The van der Waals surface area contributed by atoms with Gasteiger partial charge in [-0.2, -0.15) is 13.2 Å². The first-order valence-electron chi connectivity index (χ1n) is 20.6. The zero-order valence-electron chi connectivity index (χ0n) is 34.9. The van der Waals surface area contributed by atoms with Crippen LogP contribution >= 0.6 is 11.3 Å². The summed E-state index contributed by atoms with van der Waals surface area (Å²) >= 11 is 1.06. The molecule has 2 aromatic heterocycles. The number of thiophene rings is 1. The first kappa shape index (κ1) is 44.3. The average molecular weight is 903 g/mol. The fourth-order valence-corrected chi connectivity index (χ4v) is 8.98. The van der Waals surface area contributed by atoms with Gasteiger partial charge in [-0.1, -0.05) is 18.2 Å². The number of imide groups is 2. The highest BCUT2D eigenvalue weighted by Crippen LogP contribution is 2.41. The second kappa shape index (κ2) is 18.4. The number of piperidine rings is 1. The van der Waals surface area contributed by atoms with Crippen LogP contribution in [-0.2, 0) is 27.0 Å². The summed E-state index contributed by atoms with van der Waals surface area (Å²) in [5.74, 6) is -3.26. The maximum atomic E-state index is 14.5. The van der Waals surface area contributed by atoms with Crippen LogP contribution in [0.15, 0.2) is 67.0 Å². The number of aromatic nitrogens is 2. The number of piperazine rings is 1. The van der Waals surface area contributed by atoms with Gasteiger partial charge in [0.05, 0.1) is 40.9 Å². The summed E-state index contributed by atoms with van der Waals surface area (Å²) in [4.78, 5) is 73.2. The predicted molar refractivity (Wildman–Crippen MR) is 229 cm³/mol. The van der Waals surface area contributed by atoms with Crippen LogP contribution in [0.2, 0.25) is 0 Å². The van der Waals surface area contributed by atoms with Gasteiger partial charge in [-0.15, -0.1) is 11.3 Å². The van der Waals surface area contributed by atoms with E-state index in [1.165, 1.54) is 25.1 Å². The van der Waals surface area contributed by atoms with E-state index in [0.717, 1.165) is 71.6 Å². The van der Waals surface area contributed by atoms with Crippen molar-refractivity contribution in [1.29, 1.82) is 0 Å². The Kier molecular flexibility index (Phi) is 12.7. The zero-order valence-corrected chi connectivity index (χ0v) is 35.7. The number of imidazole rings is 1. The lowest BCUT2D eigenvalue weighted by atomic mass is 10.0. The Morgan fingerprint density at radius 2 is 1.80 bits per heavy atom. The van der Waals surface area contributed by atoms with E-state index in [-0.39, 0.29) is 72.3 Å². The number of hydrogen-bond donors (Lipinski definition) is 3. The number of primary amides is 1. The molecular weight excluding hydrogens is 858 g/mol. The quantitative estimate of drug-likeness (QED) is 0.0889. The van der Waals surface area contributed by atoms with Crippen LogP contribution in [0.1, 0.15) is 72.9 Å². The number of anilines is 1. The van der Waals surface area contributed by atoms with Gasteiger partial charge in [0.25, 0.3) is 17.7 Å². The van der Waals surface area contributed by atoms with Crippen molar-refractivity contribution in [2.45, 2.75) is 44.6 Å². The first-order valence-corrected chi connectivity index (χ1v) is 21.5. The van der Waals surface area contributed by atoms with Crippen molar-refractivity contribution in [2.75, 3.05) is 64.9 Å². The first-order chi connectivity index (χ1) is 30.7. The Balaban J connectivity index is 0.869. The Bertz CT molecular complexity index is 2620. The lowest BCUT2D eigenvalue weighted by Gasteiger charge is -2.32. The molecule has 2 atom stereocenters.